The Kier molecular flexibility index (Phi) is 4.32. The maximum atomic E-state index is 13.7. The van der Waals surface area contributed by atoms with Crippen LogP contribution < -0.4 is 4.74 Å². The van der Waals surface area contributed by atoms with Crippen molar-refractivity contribution >= 4 is 21.7 Å². The molecule has 0 aromatic heterocycles. The Balaban J connectivity index is 2.35. The summed E-state index contributed by atoms with van der Waals surface area (Å²) in [5.41, 5.74) is 0.465. The van der Waals surface area contributed by atoms with E-state index in [0.717, 1.165) is 0 Å². The van der Waals surface area contributed by atoms with Gasteiger partial charge in [0.25, 0.3) is 0 Å². The van der Waals surface area contributed by atoms with Gasteiger partial charge in [-0.3, -0.25) is 4.79 Å². The van der Waals surface area contributed by atoms with E-state index in [0.29, 0.717) is 22.2 Å². The first kappa shape index (κ1) is 13.7. The van der Waals surface area contributed by atoms with Crippen LogP contribution in [-0.4, -0.2) is 5.78 Å². The lowest BCUT2D eigenvalue weighted by Gasteiger charge is -2.10. The number of carbonyl (C=O) groups is 1. The van der Waals surface area contributed by atoms with Crippen LogP contribution in [0.1, 0.15) is 23.7 Å². The quantitative estimate of drug-likeness (QED) is 0.742. The van der Waals surface area contributed by atoms with Gasteiger partial charge in [-0.05, 0) is 30.3 Å². The molecule has 2 nitrogen and oxygen atoms in total. The van der Waals surface area contributed by atoms with Crippen molar-refractivity contribution in [3.8, 4) is 11.5 Å². The molecule has 0 aliphatic rings. The van der Waals surface area contributed by atoms with Crippen LogP contribution in [0.3, 0.4) is 0 Å². The number of Topliss-reactive ketones (excluding diaryl/α,β-unsaturated/α-hetero) is 1. The summed E-state index contributed by atoms with van der Waals surface area (Å²) >= 11 is 3.18. The van der Waals surface area contributed by atoms with E-state index in [-0.39, 0.29) is 11.5 Å². The maximum absolute atomic E-state index is 13.7. The second kappa shape index (κ2) is 5.97. The third-order valence-electron chi connectivity index (χ3n) is 2.62. The molecule has 0 unspecified atom stereocenters. The van der Waals surface area contributed by atoms with E-state index in [1.54, 1.807) is 37.3 Å². The predicted octanol–water partition coefficient (Wildman–Crippen LogP) is 4.97. The number of ether oxygens (including phenoxy) is 1. The summed E-state index contributed by atoms with van der Waals surface area (Å²) in [5.74, 6) is -0.0450. The summed E-state index contributed by atoms with van der Waals surface area (Å²) in [6, 6.07) is 11.4. The third-order valence-corrected chi connectivity index (χ3v) is 3.12. The highest BCUT2D eigenvalue weighted by molar-refractivity contribution is 9.10. The molecule has 0 fully saturated rings. The van der Waals surface area contributed by atoms with Crippen molar-refractivity contribution in [2.24, 2.45) is 0 Å². The highest BCUT2D eigenvalue weighted by atomic mass is 79.9. The number of benzene rings is 2. The Bertz CT molecular complexity index is 611. The highest BCUT2D eigenvalue weighted by Gasteiger charge is 2.12. The fourth-order valence-electron chi connectivity index (χ4n) is 1.65. The topological polar surface area (TPSA) is 26.3 Å². The van der Waals surface area contributed by atoms with Crippen molar-refractivity contribution < 1.29 is 13.9 Å². The molecule has 0 bridgehead atoms. The molecule has 4 heteroatoms. The van der Waals surface area contributed by atoms with Crippen LogP contribution in [0, 0.1) is 5.82 Å². The van der Waals surface area contributed by atoms with Gasteiger partial charge in [-0.15, -0.1) is 0 Å². The van der Waals surface area contributed by atoms with Crippen LogP contribution in [-0.2, 0) is 0 Å². The first-order valence-corrected chi connectivity index (χ1v) is 6.66. The second-order valence-electron chi connectivity index (χ2n) is 3.95. The van der Waals surface area contributed by atoms with E-state index in [2.05, 4.69) is 15.9 Å². The molecular formula is C15H12BrFO2. The summed E-state index contributed by atoms with van der Waals surface area (Å²) in [5, 5.41) is 0. The van der Waals surface area contributed by atoms with Crippen LogP contribution in [0.25, 0.3) is 0 Å². The number of rotatable bonds is 4. The number of para-hydroxylation sites is 1. The summed E-state index contributed by atoms with van der Waals surface area (Å²) in [6.45, 7) is 1.78. The normalized spacial score (nSPS) is 10.3. The molecule has 0 N–H and O–H groups in total. The minimum atomic E-state index is -0.479. The molecule has 0 saturated heterocycles. The van der Waals surface area contributed by atoms with Crippen LogP contribution >= 0.6 is 15.9 Å². The van der Waals surface area contributed by atoms with E-state index in [9.17, 15) is 9.18 Å². The van der Waals surface area contributed by atoms with Crippen molar-refractivity contribution in [2.75, 3.05) is 0 Å². The van der Waals surface area contributed by atoms with Gasteiger partial charge in [0, 0.05) is 10.9 Å². The zero-order valence-corrected chi connectivity index (χ0v) is 11.9. The summed E-state index contributed by atoms with van der Waals surface area (Å²) in [6.07, 6.45) is 0.378. The third kappa shape index (κ3) is 3.20. The van der Waals surface area contributed by atoms with Gasteiger partial charge in [-0.2, -0.15) is 0 Å². The molecule has 0 amide bonds. The largest absolute Gasteiger partial charge is 0.454 e. The standard InChI is InChI=1S/C15H12BrFO2/c1-2-13(18)11-5-3-4-6-14(11)19-15-8-7-10(16)9-12(15)17/h3-9H,2H2,1H3. The molecule has 2 rings (SSSR count). The number of hydrogen-bond donors (Lipinski definition) is 0. The molecule has 0 aliphatic carbocycles. The van der Waals surface area contributed by atoms with Gasteiger partial charge in [-0.25, -0.2) is 4.39 Å². The molecule has 2 aromatic rings. The van der Waals surface area contributed by atoms with Gasteiger partial charge >= 0.3 is 0 Å². The van der Waals surface area contributed by atoms with Gasteiger partial charge in [0.05, 0.1) is 5.56 Å². The fourth-order valence-corrected chi connectivity index (χ4v) is 1.99. The lowest BCUT2D eigenvalue weighted by Crippen LogP contribution is -2.00. The van der Waals surface area contributed by atoms with Crippen molar-refractivity contribution in [3.63, 3.8) is 0 Å². The lowest BCUT2D eigenvalue weighted by atomic mass is 10.1. The predicted molar refractivity (Wildman–Crippen MR) is 75.2 cm³/mol. The summed E-state index contributed by atoms with van der Waals surface area (Å²) in [7, 11) is 0. The zero-order valence-electron chi connectivity index (χ0n) is 10.3. The molecular weight excluding hydrogens is 311 g/mol. The van der Waals surface area contributed by atoms with Crippen molar-refractivity contribution in [1.82, 2.24) is 0 Å². The first-order chi connectivity index (χ1) is 9.11. The average molecular weight is 323 g/mol. The first-order valence-electron chi connectivity index (χ1n) is 5.87. The Hall–Kier alpha value is -1.68. The average Bonchev–Trinajstić information content (AvgIpc) is 2.41. The number of ketones is 1. The monoisotopic (exact) mass is 322 g/mol. The van der Waals surface area contributed by atoms with Crippen LogP contribution in [0.5, 0.6) is 11.5 Å². The van der Waals surface area contributed by atoms with Gasteiger partial charge in [-0.1, -0.05) is 35.0 Å². The van der Waals surface area contributed by atoms with Crippen LogP contribution in [0.15, 0.2) is 46.9 Å². The molecule has 0 aliphatic heterocycles. The van der Waals surface area contributed by atoms with Gasteiger partial charge in [0.1, 0.15) is 5.75 Å². The Morgan fingerprint density at radius 2 is 1.95 bits per heavy atom. The second-order valence-corrected chi connectivity index (χ2v) is 4.87. The van der Waals surface area contributed by atoms with Gasteiger partial charge in [0.2, 0.25) is 0 Å². The SMILES string of the molecule is CCC(=O)c1ccccc1Oc1ccc(Br)cc1F. The van der Waals surface area contributed by atoms with Crippen molar-refractivity contribution in [2.45, 2.75) is 13.3 Å². The molecule has 2 aromatic carbocycles. The molecule has 0 heterocycles. The minimum absolute atomic E-state index is 0.0341. The summed E-state index contributed by atoms with van der Waals surface area (Å²) in [4.78, 5) is 11.8. The van der Waals surface area contributed by atoms with E-state index >= 15 is 0 Å². The Morgan fingerprint density at radius 1 is 1.21 bits per heavy atom. The Labute approximate surface area is 119 Å². The van der Waals surface area contributed by atoms with Crippen LogP contribution in [0.2, 0.25) is 0 Å². The Morgan fingerprint density at radius 3 is 2.63 bits per heavy atom. The minimum Gasteiger partial charge on any atom is -0.454 e. The zero-order chi connectivity index (χ0) is 13.8. The van der Waals surface area contributed by atoms with Crippen molar-refractivity contribution in [3.05, 3.63) is 58.3 Å². The highest BCUT2D eigenvalue weighted by Crippen LogP contribution is 2.29. The van der Waals surface area contributed by atoms with Gasteiger partial charge < -0.3 is 4.74 Å². The molecule has 19 heavy (non-hydrogen) atoms. The van der Waals surface area contributed by atoms with Crippen LogP contribution in [0.4, 0.5) is 4.39 Å². The number of carbonyl (C=O) groups excluding carboxylic acids is 1. The molecule has 0 spiro atoms. The van der Waals surface area contributed by atoms with E-state index in [1.807, 2.05) is 0 Å². The molecule has 0 saturated carbocycles. The lowest BCUT2D eigenvalue weighted by molar-refractivity contribution is 0.0986. The summed E-state index contributed by atoms with van der Waals surface area (Å²) < 4.78 is 19.8. The van der Waals surface area contributed by atoms with E-state index < -0.39 is 5.82 Å². The number of hydrogen-bond acceptors (Lipinski definition) is 2. The molecule has 0 radical (unpaired) electrons. The molecule has 98 valence electrons. The number of halogens is 2. The smallest absolute Gasteiger partial charge is 0.166 e. The molecule has 0 atom stereocenters. The van der Waals surface area contributed by atoms with Gasteiger partial charge in [0.15, 0.2) is 17.3 Å². The van der Waals surface area contributed by atoms with Crippen molar-refractivity contribution in [1.29, 1.82) is 0 Å². The van der Waals surface area contributed by atoms with E-state index in [1.165, 1.54) is 12.1 Å². The fraction of sp³-hybridized carbons (Fsp3) is 0.133. The maximum Gasteiger partial charge on any atom is 0.166 e. The van der Waals surface area contributed by atoms with E-state index in [4.69, 9.17) is 4.74 Å².